The van der Waals surface area contributed by atoms with Crippen LogP contribution >= 0.6 is 0 Å². The van der Waals surface area contributed by atoms with E-state index in [4.69, 9.17) is 4.74 Å². The highest BCUT2D eigenvalue weighted by atomic mass is 16.5. The molecular formula is C13H18O. The molecule has 0 amide bonds. The van der Waals surface area contributed by atoms with Gasteiger partial charge in [0.15, 0.2) is 0 Å². The molecule has 0 bridgehead atoms. The van der Waals surface area contributed by atoms with Crippen LogP contribution in [0.2, 0.25) is 0 Å². The van der Waals surface area contributed by atoms with Crippen molar-refractivity contribution >= 4 is 0 Å². The highest BCUT2D eigenvalue weighted by molar-refractivity contribution is 5.19. The second-order valence-corrected chi connectivity index (χ2v) is 4.00. The normalized spacial score (nSPS) is 23.9. The molecule has 0 N–H and O–H groups in total. The van der Waals surface area contributed by atoms with Crippen molar-refractivity contribution in [1.29, 1.82) is 0 Å². The van der Waals surface area contributed by atoms with Crippen LogP contribution in [0.4, 0.5) is 0 Å². The molecule has 1 atom stereocenters. The van der Waals surface area contributed by atoms with Gasteiger partial charge in [-0.05, 0) is 30.7 Å². The molecule has 1 heteroatoms. The Kier molecular flexibility index (Phi) is 3.58. The molecule has 1 heterocycles. The molecule has 1 nitrogen and oxygen atoms in total. The molecule has 1 aliphatic heterocycles. The molecule has 0 aliphatic carbocycles. The molecule has 1 saturated heterocycles. The van der Waals surface area contributed by atoms with Gasteiger partial charge in [0.25, 0.3) is 0 Å². The van der Waals surface area contributed by atoms with Gasteiger partial charge in [-0.15, -0.1) is 0 Å². The summed E-state index contributed by atoms with van der Waals surface area (Å²) >= 11 is 0. The Bertz CT molecular complexity index is 247. The highest BCUT2D eigenvalue weighted by Gasteiger charge is 2.12. The first-order chi connectivity index (χ1) is 6.97. The van der Waals surface area contributed by atoms with Crippen LogP contribution < -0.4 is 0 Å². The van der Waals surface area contributed by atoms with E-state index in [1.807, 2.05) is 0 Å². The molecule has 76 valence electrons. The van der Waals surface area contributed by atoms with E-state index in [2.05, 4.69) is 30.3 Å². The van der Waals surface area contributed by atoms with Gasteiger partial charge >= 0.3 is 0 Å². The largest absolute Gasteiger partial charge is 0.381 e. The second kappa shape index (κ2) is 5.16. The molecule has 0 spiro atoms. The fourth-order valence-corrected chi connectivity index (χ4v) is 2.13. The molecule has 0 saturated carbocycles. The summed E-state index contributed by atoms with van der Waals surface area (Å²) in [6, 6.07) is 10.8. The van der Waals surface area contributed by atoms with Crippen molar-refractivity contribution in [3.05, 3.63) is 35.9 Å². The molecule has 2 rings (SSSR count). The lowest BCUT2D eigenvalue weighted by Gasteiger charge is -2.20. The number of ether oxygens (including phenoxy) is 1. The van der Waals surface area contributed by atoms with Gasteiger partial charge in [-0.1, -0.05) is 36.8 Å². The highest BCUT2D eigenvalue weighted by Crippen LogP contribution is 2.26. The predicted octanol–water partition coefficient (Wildman–Crippen LogP) is 3.36. The summed E-state index contributed by atoms with van der Waals surface area (Å²) in [6.07, 6.45) is 5.04. The zero-order valence-electron chi connectivity index (χ0n) is 8.61. The minimum Gasteiger partial charge on any atom is -0.381 e. The number of hydrogen-bond acceptors (Lipinski definition) is 1. The minimum atomic E-state index is 0.719. The van der Waals surface area contributed by atoms with Gasteiger partial charge in [0.05, 0.1) is 0 Å². The maximum absolute atomic E-state index is 5.53. The van der Waals surface area contributed by atoms with E-state index < -0.39 is 0 Å². The number of benzene rings is 1. The molecule has 1 aromatic carbocycles. The Morgan fingerprint density at radius 2 is 1.79 bits per heavy atom. The van der Waals surface area contributed by atoms with Crippen LogP contribution in [0, 0.1) is 0 Å². The second-order valence-electron chi connectivity index (χ2n) is 4.00. The molecule has 0 radical (unpaired) electrons. The lowest BCUT2D eigenvalue weighted by atomic mass is 9.90. The van der Waals surface area contributed by atoms with Gasteiger partial charge in [-0.25, -0.2) is 0 Å². The quantitative estimate of drug-likeness (QED) is 0.659. The fraction of sp³-hybridized carbons (Fsp3) is 0.538. The fourth-order valence-electron chi connectivity index (χ4n) is 2.13. The first-order valence-corrected chi connectivity index (χ1v) is 5.59. The van der Waals surface area contributed by atoms with E-state index in [-0.39, 0.29) is 0 Å². The van der Waals surface area contributed by atoms with E-state index in [0.717, 1.165) is 19.1 Å². The van der Waals surface area contributed by atoms with E-state index in [0.29, 0.717) is 0 Å². The predicted molar refractivity (Wildman–Crippen MR) is 58.5 cm³/mol. The lowest BCUT2D eigenvalue weighted by molar-refractivity contribution is 0.111. The zero-order chi connectivity index (χ0) is 9.64. The van der Waals surface area contributed by atoms with E-state index in [9.17, 15) is 0 Å². The molecule has 0 unspecified atom stereocenters. The third-order valence-corrected chi connectivity index (χ3v) is 2.97. The van der Waals surface area contributed by atoms with Crippen LogP contribution in [-0.4, -0.2) is 13.2 Å². The van der Waals surface area contributed by atoms with E-state index >= 15 is 0 Å². The summed E-state index contributed by atoms with van der Waals surface area (Å²) < 4.78 is 5.53. The first-order valence-electron chi connectivity index (χ1n) is 5.59. The summed E-state index contributed by atoms with van der Waals surface area (Å²) in [5.74, 6) is 0.719. The summed E-state index contributed by atoms with van der Waals surface area (Å²) in [5.41, 5.74) is 1.48. The van der Waals surface area contributed by atoms with Gasteiger partial charge in [-0.3, -0.25) is 0 Å². The minimum absolute atomic E-state index is 0.719. The van der Waals surface area contributed by atoms with Crippen LogP contribution in [0.15, 0.2) is 30.3 Å². The Balaban J connectivity index is 2.01. The topological polar surface area (TPSA) is 9.23 Å². The number of hydrogen-bond donors (Lipinski definition) is 0. The average Bonchev–Trinajstić information content (AvgIpc) is 2.18. The molecule has 1 aromatic rings. The van der Waals surface area contributed by atoms with Crippen molar-refractivity contribution in [2.75, 3.05) is 13.2 Å². The first kappa shape index (κ1) is 9.72. The van der Waals surface area contributed by atoms with Crippen LogP contribution in [0.25, 0.3) is 0 Å². The molecule has 1 fully saturated rings. The van der Waals surface area contributed by atoms with Crippen molar-refractivity contribution in [2.24, 2.45) is 0 Å². The Morgan fingerprint density at radius 3 is 2.64 bits per heavy atom. The van der Waals surface area contributed by atoms with Crippen molar-refractivity contribution in [2.45, 2.75) is 31.6 Å². The van der Waals surface area contributed by atoms with Crippen LogP contribution in [0.1, 0.15) is 37.2 Å². The smallest absolute Gasteiger partial charge is 0.0471 e. The van der Waals surface area contributed by atoms with Crippen molar-refractivity contribution in [1.82, 2.24) is 0 Å². The van der Waals surface area contributed by atoms with Gasteiger partial charge in [0.2, 0.25) is 0 Å². The van der Waals surface area contributed by atoms with E-state index in [1.54, 1.807) is 0 Å². The maximum atomic E-state index is 5.53. The maximum Gasteiger partial charge on any atom is 0.0471 e. The molecule has 0 aromatic heterocycles. The third-order valence-electron chi connectivity index (χ3n) is 2.97. The average molecular weight is 190 g/mol. The summed E-state index contributed by atoms with van der Waals surface area (Å²) in [6.45, 7) is 1.89. The van der Waals surface area contributed by atoms with Gasteiger partial charge in [-0.2, -0.15) is 0 Å². The van der Waals surface area contributed by atoms with E-state index in [1.165, 1.54) is 31.2 Å². The molecule has 1 aliphatic rings. The molecular weight excluding hydrogens is 172 g/mol. The Hall–Kier alpha value is -0.820. The summed E-state index contributed by atoms with van der Waals surface area (Å²) in [4.78, 5) is 0. The standard InChI is InChI=1S/C13H18O/c1-2-6-12(7-3-1)13-8-4-5-10-14-11-9-13/h1-3,6-7,13H,4-5,8-11H2/t13-/m0/s1. The monoisotopic (exact) mass is 190 g/mol. The Labute approximate surface area is 86.1 Å². The van der Waals surface area contributed by atoms with Crippen LogP contribution in [0.3, 0.4) is 0 Å². The molecule has 14 heavy (non-hydrogen) atoms. The lowest BCUT2D eigenvalue weighted by Crippen LogP contribution is -2.09. The van der Waals surface area contributed by atoms with Crippen molar-refractivity contribution in [3.8, 4) is 0 Å². The summed E-state index contributed by atoms with van der Waals surface area (Å²) in [5, 5.41) is 0. The summed E-state index contributed by atoms with van der Waals surface area (Å²) in [7, 11) is 0. The zero-order valence-corrected chi connectivity index (χ0v) is 8.61. The van der Waals surface area contributed by atoms with Gasteiger partial charge in [0.1, 0.15) is 0 Å². The van der Waals surface area contributed by atoms with Gasteiger partial charge in [0, 0.05) is 13.2 Å². The number of rotatable bonds is 1. The SMILES string of the molecule is c1ccc([C@H]2CCCCOCC2)cc1. The van der Waals surface area contributed by atoms with Gasteiger partial charge < -0.3 is 4.74 Å². The van der Waals surface area contributed by atoms with Crippen LogP contribution in [0.5, 0.6) is 0 Å². The van der Waals surface area contributed by atoms with Crippen molar-refractivity contribution in [3.63, 3.8) is 0 Å². The van der Waals surface area contributed by atoms with Crippen LogP contribution in [-0.2, 0) is 4.74 Å². The van der Waals surface area contributed by atoms with Crippen molar-refractivity contribution < 1.29 is 4.74 Å². The Morgan fingerprint density at radius 1 is 0.929 bits per heavy atom. The third kappa shape index (κ3) is 2.58.